The van der Waals surface area contributed by atoms with Gasteiger partial charge in [-0.15, -0.1) is 0 Å². The van der Waals surface area contributed by atoms with Crippen LogP contribution in [0.5, 0.6) is 0 Å². The number of hydrogen-bond donors (Lipinski definition) is 1. The normalized spacial score (nSPS) is 11.9. The minimum atomic E-state index is -4.67. The number of carbonyl (C=O) groups is 1. The molecule has 0 aliphatic carbocycles. The lowest BCUT2D eigenvalue weighted by molar-refractivity contribution is -0.137. The van der Waals surface area contributed by atoms with E-state index in [1.807, 2.05) is 13.8 Å². The number of fused-ring (bicyclic) bond motifs is 1. The molecule has 0 aliphatic heterocycles. The number of nitrogens with one attached hydrogen (secondary N) is 1. The number of aromatic nitrogens is 3. The molecule has 32 heavy (non-hydrogen) atoms. The van der Waals surface area contributed by atoms with Crippen LogP contribution in [-0.2, 0) is 17.5 Å². The van der Waals surface area contributed by atoms with Gasteiger partial charge in [-0.2, -0.15) is 18.3 Å². The lowest BCUT2D eigenvalue weighted by atomic mass is 10.1. The first-order chi connectivity index (χ1) is 15.2. The highest BCUT2D eigenvalue weighted by molar-refractivity contribution is 6.06. The number of rotatable bonds is 6. The fourth-order valence-corrected chi connectivity index (χ4v) is 3.24. The van der Waals surface area contributed by atoms with Crippen LogP contribution >= 0.6 is 0 Å². The predicted octanol–water partition coefficient (Wildman–Crippen LogP) is 5.21. The van der Waals surface area contributed by atoms with Crippen molar-refractivity contribution in [3.8, 4) is 5.69 Å². The molecule has 0 saturated heterocycles. The largest absolute Gasteiger partial charge is 0.451 e. The number of benzene rings is 2. The van der Waals surface area contributed by atoms with Gasteiger partial charge in [0.2, 0.25) is 0 Å². The van der Waals surface area contributed by atoms with E-state index >= 15 is 0 Å². The minimum absolute atomic E-state index is 0.0132. The van der Waals surface area contributed by atoms with Gasteiger partial charge in [-0.1, -0.05) is 18.2 Å². The van der Waals surface area contributed by atoms with Crippen molar-refractivity contribution in [2.24, 2.45) is 0 Å². The van der Waals surface area contributed by atoms with Gasteiger partial charge in [0.25, 0.3) is 5.91 Å². The number of amides is 1. The average Bonchev–Trinajstić information content (AvgIpc) is 3.39. The third-order valence-electron chi connectivity index (χ3n) is 4.69. The maximum Gasteiger partial charge on any atom is 0.418 e. The summed E-state index contributed by atoms with van der Waals surface area (Å²) in [5.74, 6) is -0.689. The molecule has 4 aromatic rings. The highest BCUT2D eigenvalue weighted by Crippen LogP contribution is 2.36. The van der Waals surface area contributed by atoms with E-state index in [4.69, 9.17) is 9.15 Å². The number of hydrogen-bond acceptors (Lipinski definition) is 5. The number of anilines is 1. The van der Waals surface area contributed by atoms with Gasteiger partial charge < -0.3 is 14.5 Å². The molecule has 2 aromatic heterocycles. The minimum Gasteiger partial charge on any atom is -0.451 e. The number of alkyl halides is 3. The van der Waals surface area contributed by atoms with Gasteiger partial charge in [-0.25, -0.2) is 9.67 Å². The van der Waals surface area contributed by atoms with E-state index in [0.717, 1.165) is 23.4 Å². The van der Waals surface area contributed by atoms with Crippen LogP contribution in [0, 0.1) is 0 Å². The first-order valence-electron chi connectivity index (χ1n) is 9.73. The Morgan fingerprint density at radius 1 is 1.22 bits per heavy atom. The molecule has 0 fully saturated rings. The van der Waals surface area contributed by atoms with E-state index in [9.17, 15) is 18.0 Å². The molecule has 10 heteroatoms. The van der Waals surface area contributed by atoms with Crippen molar-refractivity contribution in [1.82, 2.24) is 14.8 Å². The second-order valence-corrected chi connectivity index (χ2v) is 7.29. The Hall–Kier alpha value is -3.66. The zero-order chi connectivity index (χ0) is 22.9. The van der Waals surface area contributed by atoms with Crippen molar-refractivity contribution < 1.29 is 27.1 Å². The van der Waals surface area contributed by atoms with Crippen molar-refractivity contribution in [2.75, 3.05) is 5.32 Å². The van der Waals surface area contributed by atoms with E-state index < -0.39 is 17.6 Å². The maximum absolute atomic E-state index is 13.7. The van der Waals surface area contributed by atoms with Crippen LogP contribution in [0.15, 0.2) is 59.5 Å². The average molecular weight is 444 g/mol. The summed E-state index contributed by atoms with van der Waals surface area (Å²) < 4.78 is 53.3. The summed E-state index contributed by atoms with van der Waals surface area (Å²) in [6.45, 7) is 3.84. The molecular weight excluding hydrogens is 425 g/mol. The van der Waals surface area contributed by atoms with E-state index in [1.54, 1.807) is 24.3 Å². The second kappa shape index (κ2) is 8.46. The zero-order valence-corrected chi connectivity index (χ0v) is 17.2. The Bertz CT molecular complexity index is 1250. The van der Waals surface area contributed by atoms with Crippen LogP contribution < -0.4 is 5.32 Å². The van der Waals surface area contributed by atoms with Gasteiger partial charge in [-0.05, 0) is 38.1 Å². The summed E-state index contributed by atoms with van der Waals surface area (Å²) in [4.78, 5) is 16.6. The van der Waals surface area contributed by atoms with Crippen LogP contribution in [0.3, 0.4) is 0 Å². The van der Waals surface area contributed by atoms with Crippen LogP contribution in [0.2, 0.25) is 0 Å². The smallest absolute Gasteiger partial charge is 0.418 e. The molecule has 166 valence electrons. The topological polar surface area (TPSA) is 82.2 Å². The summed E-state index contributed by atoms with van der Waals surface area (Å²) in [6, 6.07) is 10.5. The van der Waals surface area contributed by atoms with Crippen LogP contribution in [0.1, 0.15) is 35.5 Å². The monoisotopic (exact) mass is 444 g/mol. The van der Waals surface area contributed by atoms with Gasteiger partial charge >= 0.3 is 6.18 Å². The van der Waals surface area contributed by atoms with Crippen LogP contribution in [0.4, 0.5) is 18.9 Å². The summed E-state index contributed by atoms with van der Waals surface area (Å²) in [7, 11) is 0. The van der Waals surface area contributed by atoms with Gasteiger partial charge in [0, 0.05) is 16.6 Å². The molecule has 1 N–H and O–H groups in total. The second-order valence-electron chi connectivity index (χ2n) is 7.29. The van der Waals surface area contributed by atoms with E-state index in [-0.39, 0.29) is 29.8 Å². The zero-order valence-electron chi connectivity index (χ0n) is 17.2. The quantitative estimate of drug-likeness (QED) is 0.442. The van der Waals surface area contributed by atoms with Crippen molar-refractivity contribution in [1.29, 1.82) is 0 Å². The Labute approximate surface area is 180 Å². The van der Waals surface area contributed by atoms with Crippen molar-refractivity contribution in [2.45, 2.75) is 32.7 Å². The molecule has 0 bridgehead atoms. The number of halogens is 3. The van der Waals surface area contributed by atoms with Gasteiger partial charge in [0.1, 0.15) is 18.2 Å². The van der Waals surface area contributed by atoms with E-state index in [2.05, 4.69) is 15.4 Å². The molecule has 2 heterocycles. The van der Waals surface area contributed by atoms with Gasteiger partial charge in [0.15, 0.2) is 5.76 Å². The Morgan fingerprint density at radius 2 is 2.00 bits per heavy atom. The van der Waals surface area contributed by atoms with E-state index in [1.165, 1.54) is 12.1 Å². The summed E-state index contributed by atoms with van der Waals surface area (Å²) >= 11 is 0. The molecule has 4 rings (SSSR count). The molecule has 0 atom stereocenters. The maximum atomic E-state index is 13.7. The number of para-hydroxylation sites is 1. The molecule has 0 saturated carbocycles. The SMILES string of the molecule is CC(C)OCc1c(C(=O)Nc2ccc(-n3cncn3)c(C(F)(F)F)c2)oc2ccccc12. The molecule has 0 unspecified atom stereocenters. The van der Waals surface area contributed by atoms with Crippen LogP contribution in [0.25, 0.3) is 16.7 Å². The highest BCUT2D eigenvalue weighted by atomic mass is 19.4. The molecular formula is C22H19F3N4O3. The summed E-state index contributed by atoms with van der Waals surface area (Å²) in [5, 5.41) is 6.96. The Morgan fingerprint density at radius 3 is 2.69 bits per heavy atom. The Kier molecular flexibility index (Phi) is 5.70. The molecule has 0 radical (unpaired) electrons. The first kappa shape index (κ1) is 21.6. The lowest BCUT2D eigenvalue weighted by Crippen LogP contribution is -2.16. The lowest BCUT2D eigenvalue weighted by Gasteiger charge is -2.14. The standard InChI is InChI=1S/C22H19F3N4O3/c1-13(2)31-10-16-15-5-3-4-6-19(15)32-20(16)21(30)28-14-7-8-18(29-12-26-11-27-29)17(9-14)22(23,24)25/h3-9,11-13H,10H2,1-2H3,(H,28,30). The van der Waals surface area contributed by atoms with Gasteiger partial charge in [0.05, 0.1) is 24.0 Å². The first-order valence-corrected chi connectivity index (χ1v) is 9.73. The molecule has 7 nitrogen and oxygen atoms in total. The Balaban J connectivity index is 1.69. The van der Waals surface area contributed by atoms with Crippen molar-refractivity contribution >= 4 is 22.6 Å². The fraction of sp³-hybridized carbons (Fsp3) is 0.227. The number of nitrogens with zero attached hydrogens (tertiary/aromatic N) is 3. The number of carbonyl (C=O) groups excluding carboxylic acids is 1. The van der Waals surface area contributed by atoms with Crippen molar-refractivity contribution in [3.63, 3.8) is 0 Å². The predicted molar refractivity (Wildman–Crippen MR) is 110 cm³/mol. The van der Waals surface area contributed by atoms with E-state index in [0.29, 0.717) is 16.5 Å². The highest BCUT2D eigenvalue weighted by Gasteiger charge is 2.35. The van der Waals surface area contributed by atoms with Crippen LogP contribution in [-0.4, -0.2) is 26.8 Å². The molecule has 0 spiro atoms. The third kappa shape index (κ3) is 4.35. The molecule has 2 aromatic carbocycles. The third-order valence-corrected chi connectivity index (χ3v) is 4.69. The fourth-order valence-electron chi connectivity index (χ4n) is 3.24. The molecule has 0 aliphatic rings. The molecule has 1 amide bonds. The number of ether oxygens (including phenoxy) is 1. The summed E-state index contributed by atoms with van der Waals surface area (Å²) in [5.41, 5.74) is -0.196. The van der Waals surface area contributed by atoms with Crippen molar-refractivity contribution in [3.05, 3.63) is 72.0 Å². The summed E-state index contributed by atoms with van der Waals surface area (Å²) in [6.07, 6.45) is -2.45. The van der Waals surface area contributed by atoms with Gasteiger partial charge in [-0.3, -0.25) is 4.79 Å². The number of furan rings is 1.